The van der Waals surface area contributed by atoms with Gasteiger partial charge in [0.15, 0.2) is 0 Å². The summed E-state index contributed by atoms with van der Waals surface area (Å²) in [6, 6.07) is 23.2. The highest BCUT2D eigenvalue weighted by molar-refractivity contribution is 9.10. The molecular weight excluding hydrogens is 324 g/mol. The summed E-state index contributed by atoms with van der Waals surface area (Å²) in [6.45, 7) is 0. The van der Waals surface area contributed by atoms with Gasteiger partial charge in [-0.15, -0.1) is 0 Å². The summed E-state index contributed by atoms with van der Waals surface area (Å²) in [4.78, 5) is 0. The average Bonchev–Trinajstić information content (AvgIpc) is 2.54. The number of hydrogen-bond acceptors (Lipinski definition) is 2. The van der Waals surface area contributed by atoms with Crippen molar-refractivity contribution < 1.29 is 0 Å². The van der Waals surface area contributed by atoms with E-state index in [2.05, 4.69) is 76.0 Å². The van der Waals surface area contributed by atoms with Crippen molar-refractivity contribution in [3.8, 4) is 0 Å². The number of rotatable bonds is 4. The van der Waals surface area contributed by atoms with E-state index in [1.54, 1.807) is 0 Å². The first-order chi connectivity index (χ1) is 10.3. The monoisotopic (exact) mass is 340 g/mol. The lowest BCUT2D eigenvalue weighted by Gasteiger charge is -2.18. The van der Waals surface area contributed by atoms with Crippen molar-refractivity contribution in [3.05, 3.63) is 82.3 Å². The van der Waals surface area contributed by atoms with Crippen molar-refractivity contribution in [1.29, 1.82) is 0 Å². The molecule has 0 amide bonds. The fourth-order valence-electron chi connectivity index (χ4n) is 2.58. The summed E-state index contributed by atoms with van der Waals surface area (Å²) in [6.07, 6.45) is 0.844. The Kier molecular flexibility index (Phi) is 4.34. The Labute approximate surface area is 133 Å². The maximum Gasteiger partial charge on any atom is 0.0500 e. The number of hydrazine groups is 1. The summed E-state index contributed by atoms with van der Waals surface area (Å²) in [7, 11) is 0. The Bertz CT molecular complexity index is 755. The zero-order valence-electron chi connectivity index (χ0n) is 11.6. The molecule has 0 heterocycles. The highest BCUT2D eigenvalue weighted by Gasteiger charge is 2.12. The molecule has 0 saturated heterocycles. The zero-order valence-corrected chi connectivity index (χ0v) is 13.2. The Morgan fingerprint density at radius 3 is 2.38 bits per heavy atom. The Balaban J connectivity index is 1.93. The molecule has 0 radical (unpaired) electrons. The maximum absolute atomic E-state index is 5.78. The molecule has 0 aliphatic rings. The first-order valence-electron chi connectivity index (χ1n) is 6.96. The van der Waals surface area contributed by atoms with Crippen LogP contribution in [-0.4, -0.2) is 0 Å². The van der Waals surface area contributed by atoms with Gasteiger partial charge in [0.2, 0.25) is 0 Å². The molecule has 1 atom stereocenters. The number of nitrogens with one attached hydrogen (secondary N) is 1. The lowest BCUT2D eigenvalue weighted by molar-refractivity contribution is 0.551. The molecule has 106 valence electrons. The van der Waals surface area contributed by atoms with Crippen molar-refractivity contribution in [1.82, 2.24) is 5.43 Å². The first-order valence-corrected chi connectivity index (χ1v) is 7.75. The molecule has 0 bridgehead atoms. The van der Waals surface area contributed by atoms with Crippen LogP contribution in [0.4, 0.5) is 0 Å². The van der Waals surface area contributed by atoms with Crippen LogP contribution in [0.1, 0.15) is 17.2 Å². The summed E-state index contributed by atoms with van der Waals surface area (Å²) >= 11 is 3.60. The molecule has 0 saturated carbocycles. The van der Waals surface area contributed by atoms with Crippen LogP contribution in [0, 0.1) is 0 Å². The number of benzene rings is 3. The summed E-state index contributed by atoms with van der Waals surface area (Å²) in [5.74, 6) is 5.78. The van der Waals surface area contributed by atoms with Gasteiger partial charge in [-0.25, -0.2) is 0 Å². The van der Waals surface area contributed by atoms with Gasteiger partial charge in [-0.05, 0) is 40.5 Å². The number of nitrogens with two attached hydrogens (primary N) is 1. The van der Waals surface area contributed by atoms with Gasteiger partial charge in [0.1, 0.15) is 0 Å². The third-order valence-electron chi connectivity index (χ3n) is 3.76. The third kappa shape index (κ3) is 3.16. The predicted molar refractivity (Wildman–Crippen MR) is 91.9 cm³/mol. The van der Waals surface area contributed by atoms with Crippen molar-refractivity contribution in [3.63, 3.8) is 0 Å². The van der Waals surface area contributed by atoms with E-state index in [1.165, 1.54) is 21.9 Å². The molecule has 3 aromatic carbocycles. The standard InChI is InChI=1S/C18H17BrN2/c19-17-8-4-3-7-15(17)12-18(21-20)16-10-9-13-5-1-2-6-14(13)11-16/h1-11,18,21H,12,20H2. The van der Waals surface area contributed by atoms with Crippen LogP contribution in [0.5, 0.6) is 0 Å². The van der Waals surface area contributed by atoms with Crippen molar-refractivity contribution in [2.45, 2.75) is 12.5 Å². The lowest BCUT2D eigenvalue weighted by atomic mass is 9.97. The van der Waals surface area contributed by atoms with Gasteiger partial charge in [-0.3, -0.25) is 11.3 Å². The fraction of sp³-hybridized carbons (Fsp3) is 0.111. The summed E-state index contributed by atoms with van der Waals surface area (Å²) < 4.78 is 1.12. The second kappa shape index (κ2) is 6.39. The molecule has 3 aromatic rings. The van der Waals surface area contributed by atoms with E-state index in [-0.39, 0.29) is 6.04 Å². The SMILES string of the molecule is NNC(Cc1ccccc1Br)c1ccc2ccccc2c1. The minimum Gasteiger partial charge on any atom is -0.271 e. The fourth-order valence-corrected chi connectivity index (χ4v) is 3.03. The summed E-state index contributed by atoms with van der Waals surface area (Å²) in [5.41, 5.74) is 5.38. The molecule has 0 aliphatic carbocycles. The van der Waals surface area contributed by atoms with Crippen LogP contribution >= 0.6 is 15.9 Å². The topological polar surface area (TPSA) is 38.0 Å². The zero-order chi connectivity index (χ0) is 14.7. The average molecular weight is 341 g/mol. The van der Waals surface area contributed by atoms with E-state index in [0.29, 0.717) is 0 Å². The molecule has 0 spiro atoms. The van der Waals surface area contributed by atoms with Crippen molar-refractivity contribution >= 4 is 26.7 Å². The van der Waals surface area contributed by atoms with Crippen LogP contribution in [-0.2, 0) is 6.42 Å². The molecule has 0 aromatic heterocycles. The number of halogens is 1. The summed E-state index contributed by atoms with van der Waals surface area (Å²) in [5, 5.41) is 2.49. The predicted octanol–water partition coefficient (Wildman–Crippen LogP) is 4.35. The van der Waals surface area contributed by atoms with Gasteiger partial charge in [0.25, 0.3) is 0 Å². The van der Waals surface area contributed by atoms with Crippen LogP contribution in [0.25, 0.3) is 10.8 Å². The highest BCUT2D eigenvalue weighted by Crippen LogP contribution is 2.25. The molecule has 3 rings (SSSR count). The van der Waals surface area contributed by atoms with Gasteiger partial charge >= 0.3 is 0 Å². The van der Waals surface area contributed by atoms with Gasteiger partial charge in [0.05, 0.1) is 6.04 Å². The maximum atomic E-state index is 5.78. The smallest absolute Gasteiger partial charge is 0.0500 e. The molecule has 2 nitrogen and oxygen atoms in total. The van der Waals surface area contributed by atoms with E-state index in [4.69, 9.17) is 5.84 Å². The Morgan fingerprint density at radius 1 is 0.905 bits per heavy atom. The minimum absolute atomic E-state index is 0.0910. The van der Waals surface area contributed by atoms with E-state index >= 15 is 0 Å². The molecule has 1 unspecified atom stereocenters. The largest absolute Gasteiger partial charge is 0.271 e. The van der Waals surface area contributed by atoms with Crippen LogP contribution in [0.2, 0.25) is 0 Å². The van der Waals surface area contributed by atoms with E-state index in [1.807, 2.05) is 12.1 Å². The molecule has 21 heavy (non-hydrogen) atoms. The van der Waals surface area contributed by atoms with E-state index < -0.39 is 0 Å². The first kappa shape index (κ1) is 14.3. The van der Waals surface area contributed by atoms with Crippen LogP contribution in [0.15, 0.2) is 71.2 Å². The molecule has 0 fully saturated rings. The quantitative estimate of drug-likeness (QED) is 0.547. The molecule has 3 heteroatoms. The Hall–Kier alpha value is -1.68. The molecule has 0 aliphatic heterocycles. The van der Waals surface area contributed by atoms with E-state index in [9.17, 15) is 0 Å². The van der Waals surface area contributed by atoms with E-state index in [0.717, 1.165) is 10.9 Å². The Morgan fingerprint density at radius 2 is 1.62 bits per heavy atom. The number of hydrogen-bond donors (Lipinski definition) is 2. The van der Waals surface area contributed by atoms with Gasteiger partial charge in [-0.1, -0.05) is 70.5 Å². The highest BCUT2D eigenvalue weighted by atomic mass is 79.9. The van der Waals surface area contributed by atoms with Gasteiger partial charge < -0.3 is 0 Å². The second-order valence-corrected chi connectivity index (χ2v) is 5.98. The van der Waals surface area contributed by atoms with Crippen LogP contribution < -0.4 is 11.3 Å². The minimum atomic E-state index is 0.0910. The molecule has 3 N–H and O–H groups in total. The lowest BCUT2D eigenvalue weighted by Crippen LogP contribution is -2.29. The van der Waals surface area contributed by atoms with Gasteiger partial charge in [0, 0.05) is 4.47 Å². The van der Waals surface area contributed by atoms with Crippen molar-refractivity contribution in [2.24, 2.45) is 5.84 Å². The second-order valence-electron chi connectivity index (χ2n) is 5.12. The van der Waals surface area contributed by atoms with Crippen molar-refractivity contribution in [2.75, 3.05) is 0 Å². The van der Waals surface area contributed by atoms with Gasteiger partial charge in [-0.2, -0.15) is 0 Å². The third-order valence-corrected chi connectivity index (χ3v) is 4.53. The number of fused-ring (bicyclic) bond motifs is 1. The molecular formula is C18H17BrN2. The normalized spacial score (nSPS) is 12.5. The van der Waals surface area contributed by atoms with Crippen LogP contribution in [0.3, 0.4) is 0 Å².